The third-order valence-corrected chi connectivity index (χ3v) is 1.63. The van der Waals surface area contributed by atoms with Gasteiger partial charge in [-0.15, -0.1) is 0 Å². The number of hydrogen-bond donors (Lipinski definition) is 1. The third kappa shape index (κ3) is 5.70. The number of hydrogen-bond acceptors (Lipinski definition) is 2. The lowest BCUT2D eigenvalue weighted by molar-refractivity contribution is 0.564. The van der Waals surface area contributed by atoms with Crippen LogP contribution in [0.4, 0.5) is 0 Å². The number of azide groups is 1. The van der Waals surface area contributed by atoms with Crippen LogP contribution >= 0.6 is 0 Å². The zero-order chi connectivity index (χ0) is 8.53. The van der Waals surface area contributed by atoms with Gasteiger partial charge in [0.25, 0.3) is 0 Å². The first-order valence-electron chi connectivity index (χ1n) is 4.09. The minimum atomic E-state index is 0.00606. The van der Waals surface area contributed by atoms with Gasteiger partial charge in [-0.3, -0.25) is 0 Å². The van der Waals surface area contributed by atoms with Crippen LogP contribution in [-0.2, 0) is 0 Å². The Balaban J connectivity index is 3.43. The first-order chi connectivity index (χ1) is 5.35. The van der Waals surface area contributed by atoms with E-state index in [-0.39, 0.29) is 6.04 Å². The van der Waals surface area contributed by atoms with Crippen LogP contribution in [0.5, 0.6) is 0 Å². The summed E-state index contributed by atoms with van der Waals surface area (Å²) in [6.07, 6.45) is 4.41. The zero-order valence-corrected chi connectivity index (χ0v) is 7.03. The zero-order valence-electron chi connectivity index (χ0n) is 7.03. The first kappa shape index (κ1) is 10.3. The van der Waals surface area contributed by atoms with Crippen LogP contribution in [-0.4, -0.2) is 12.6 Å². The molecule has 0 aliphatic heterocycles. The van der Waals surface area contributed by atoms with Crippen molar-refractivity contribution in [2.75, 3.05) is 6.54 Å². The highest BCUT2D eigenvalue weighted by atomic mass is 15.1. The fraction of sp³-hybridized carbons (Fsp3) is 1.00. The lowest BCUT2D eigenvalue weighted by atomic mass is 10.1. The second kappa shape index (κ2) is 7.38. The third-order valence-electron chi connectivity index (χ3n) is 1.63. The van der Waals surface area contributed by atoms with Crippen LogP contribution in [0.2, 0.25) is 0 Å². The Bertz CT molecular complexity index is 128. The molecule has 2 N–H and O–H groups in total. The van der Waals surface area contributed by atoms with Crippen molar-refractivity contribution in [3.05, 3.63) is 10.4 Å². The van der Waals surface area contributed by atoms with Crippen molar-refractivity contribution in [3.63, 3.8) is 0 Å². The Hall–Kier alpha value is -0.730. The number of nitrogens with two attached hydrogens (primary N) is 1. The average molecular weight is 156 g/mol. The minimum Gasteiger partial charge on any atom is -0.330 e. The van der Waals surface area contributed by atoms with Crippen LogP contribution in [0.1, 0.15) is 32.6 Å². The summed E-state index contributed by atoms with van der Waals surface area (Å²) >= 11 is 0. The van der Waals surface area contributed by atoms with E-state index < -0.39 is 0 Å². The minimum absolute atomic E-state index is 0.00606. The van der Waals surface area contributed by atoms with Crippen molar-refractivity contribution in [1.82, 2.24) is 0 Å². The lowest BCUT2D eigenvalue weighted by Crippen LogP contribution is -2.17. The Morgan fingerprint density at radius 1 is 1.55 bits per heavy atom. The fourth-order valence-corrected chi connectivity index (χ4v) is 0.926. The molecular formula is C7H16N4. The van der Waals surface area contributed by atoms with Gasteiger partial charge in [-0.25, -0.2) is 0 Å². The van der Waals surface area contributed by atoms with E-state index in [4.69, 9.17) is 11.3 Å². The van der Waals surface area contributed by atoms with Crippen molar-refractivity contribution >= 4 is 0 Å². The summed E-state index contributed by atoms with van der Waals surface area (Å²) in [5, 5.41) is 3.57. The molecular weight excluding hydrogens is 140 g/mol. The Labute approximate surface area is 67.4 Å². The van der Waals surface area contributed by atoms with Gasteiger partial charge in [-0.1, -0.05) is 31.3 Å². The molecule has 0 radical (unpaired) electrons. The molecule has 0 spiro atoms. The molecule has 1 unspecified atom stereocenters. The number of unbranched alkanes of at least 4 members (excludes halogenated alkanes) is 2. The monoisotopic (exact) mass is 156 g/mol. The van der Waals surface area contributed by atoms with Crippen LogP contribution in [0, 0.1) is 0 Å². The second-order valence-electron chi connectivity index (χ2n) is 2.59. The topological polar surface area (TPSA) is 74.8 Å². The van der Waals surface area contributed by atoms with E-state index in [0.717, 1.165) is 12.8 Å². The van der Waals surface area contributed by atoms with E-state index in [1.165, 1.54) is 12.8 Å². The summed E-state index contributed by atoms with van der Waals surface area (Å²) in [7, 11) is 0. The highest BCUT2D eigenvalue weighted by molar-refractivity contribution is 4.67. The highest BCUT2D eigenvalue weighted by Gasteiger charge is 2.01. The summed E-state index contributed by atoms with van der Waals surface area (Å²) in [5.41, 5.74) is 13.5. The summed E-state index contributed by atoms with van der Waals surface area (Å²) in [5.74, 6) is 0. The average Bonchev–Trinajstić information content (AvgIpc) is 2.03. The molecule has 64 valence electrons. The van der Waals surface area contributed by atoms with Gasteiger partial charge in [0.15, 0.2) is 0 Å². The number of rotatable bonds is 6. The van der Waals surface area contributed by atoms with Crippen LogP contribution in [0.25, 0.3) is 10.4 Å². The van der Waals surface area contributed by atoms with E-state index in [1.54, 1.807) is 0 Å². The molecule has 0 bridgehead atoms. The van der Waals surface area contributed by atoms with Gasteiger partial charge in [0.05, 0.1) is 0 Å². The molecule has 0 saturated heterocycles. The SMILES string of the molecule is CCCCCC(CN)N=[N+]=[N-]. The normalized spacial score (nSPS) is 12.2. The predicted molar refractivity (Wildman–Crippen MR) is 46.1 cm³/mol. The van der Waals surface area contributed by atoms with E-state index in [2.05, 4.69) is 16.9 Å². The molecule has 0 aromatic carbocycles. The molecule has 0 aromatic rings. The lowest BCUT2D eigenvalue weighted by Gasteiger charge is -2.05. The quantitative estimate of drug-likeness (QED) is 0.272. The summed E-state index contributed by atoms with van der Waals surface area (Å²) in [6, 6.07) is 0.00606. The Kier molecular flexibility index (Phi) is 6.89. The standard InChI is InChI=1S/C7H16N4/c1-2-3-4-5-7(6-8)10-11-9/h7H,2-6,8H2,1H3. The maximum absolute atomic E-state index is 8.13. The fourth-order valence-electron chi connectivity index (χ4n) is 0.926. The van der Waals surface area contributed by atoms with Crippen LogP contribution < -0.4 is 5.73 Å². The van der Waals surface area contributed by atoms with Crippen molar-refractivity contribution in [2.45, 2.75) is 38.6 Å². The smallest absolute Gasteiger partial charge is 0.0496 e. The Morgan fingerprint density at radius 2 is 2.27 bits per heavy atom. The van der Waals surface area contributed by atoms with Crippen LogP contribution in [0.3, 0.4) is 0 Å². The maximum atomic E-state index is 8.13. The van der Waals surface area contributed by atoms with Crippen molar-refractivity contribution < 1.29 is 0 Å². The molecule has 0 aromatic heterocycles. The molecule has 0 saturated carbocycles. The predicted octanol–water partition coefficient (Wildman–Crippen LogP) is 2.20. The molecule has 11 heavy (non-hydrogen) atoms. The van der Waals surface area contributed by atoms with Gasteiger partial charge < -0.3 is 5.73 Å². The molecule has 0 fully saturated rings. The van der Waals surface area contributed by atoms with Gasteiger partial charge >= 0.3 is 0 Å². The van der Waals surface area contributed by atoms with E-state index in [0.29, 0.717) is 6.54 Å². The Morgan fingerprint density at radius 3 is 2.73 bits per heavy atom. The van der Waals surface area contributed by atoms with Gasteiger partial charge in [0.2, 0.25) is 0 Å². The highest BCUT2D eigenvalue weighted by Crippen LogP contribution is 2.05. The van der Waals surface area contributed by atoms with Crippen molar-refractivity contribution in [1.29, 1.82) is 0 Å². The molecule has 4 heteroatoms. The van der Waals surface area contributed by atoms with Crippen molar-refractivity contribution in [2.24, 2.45) is 10.8 Å². The number of nitrogens with zero attached hydrogens (tertiary/aromatic N) is 3. The molecule has 0 amide bonds. The van der Waals surface area contributed by atoms with Gasteiger partial charge in [-0.05, 0) is 12.0 Å². The summed E-state index contributed by atoms with van der Waals surface area (Å²) in [4.78, 5) is 2.73. The molecule has 4 nitrogen and oxygen atoms in total. The van der Waals surface area contributed by atoms with Crippen molar-refractivity contribution in [3.8, 4) is 0 Å². The maximum Gasteiger partial charge on any atom is 0.0496 e. The second-order valence-corrected chi connectivity index (χ2v) is 2.59. The summed E-state index contributed by atoms with van der Waals surface area (Å²) in [6.45, 7) is 2.61. The molecule has 0 aliphatic carbocycles. The van der Waals surface area contributed by atoms with E-state index in [1.807, 2.05) is 0 Å². The molecule has 0 aliphatic rings. The molecule has 1 atom stereocenters. The largest absolute Gasteiger partial charge is 0.330 e. The molecule has 0 heterocycles. The van der Waals surface area contributed by atoms with Crippen LogP contribution in [0.15, 0.2) is 5.11 Å². The van der Waals surface area contributed by atoms with Gasteiger partial charge in [0.1, 0.15) is 0 Å². The van der Waals surface area contributed by atoms with Gasteiger partial charge in [0, 0.05) is 17.5 Å². The molecule has 0 rings (SSSR count). The summed E-state index contributed by atoms with van der Waals surface area (Å²) < 4.78 is 0. The van der Waals surface area contributed by atoms with E-state index in [9.17, 15) is 0 Å². The first-order valence-corrected chi connectivity index (χ1v) is 4.09. The van der Waals surface area contributed by atoms with Gasteiger partial charge in [-0.2, -0.15) is 0 Å². The van der Waals surface area contributed by atoms with E-state index >= 15 is 0 Å².